The highest BCUT2D eigenvalue weighted by Gasteiger charge is 2.13. The number of halogens is 1. The Kier molecular flexibility index (Phi) is 5.66. The first-order valence-corrected chi connectivity index (χ1v) is 9.11. The maximum Gasteiger partial charge on any atom is 0.276 e. The van der Waals surface area contributed by atoms with Crippen molar-refractivity contribution in [1.82, 2.24) is 15.2 Å². The van der Waals surface area contributed by atoms with E-state index in [1.165, 1.54) is 0 Å². The lowest BCUT2D eigenvalue weighted by Crippen LogP contribution is -2.15. The molecule has 2 aromatic heterocycles. The number of aromatic amines is 1. The predicted molar refractivity (Wildman–Crippen MR) is 107 cm³/mol. The number of anilines is 2. The molecule has 0 bridgehead atoms. The number of rotatable bonds is 5. The number of aromatic nitrogens is 3. The number of hydrogen-bond acceptors (Lipinski definition) is 4. The second-order valence-electron chi connectivity index (χ2n) is 6.21. The maximum atomic E-state index is 12.4. The van der Waals surface area contributed by atoms with Gasteiger partial charge in [0.1, 0.15) is 5.82 Å². The molecule has 0 saturated heterocycles. The molecule has 0 spiro atoms. The van der Waals surface area contributed by atoms with E-state index >= 15 is 0 Å². The number of nitrogens with one attached hydrogen (secondary N) is 3. The SMILES string of the molecule is CC(C)c1cc(C(=O)Nc2cccc(C(=O)Nc3ccc(Br)cn3)c2)n[nH]1. The van der Waals surface area contributed by atoms with Crippen molar-refractivity contribution in [3.63, 3.8) is 0 Å². The van der Waals surface area contributed by atoms with Gasteiger partial charge in [0.2, 0.25) is 0 Å². The molecule has 0 fully saturated rings. The van der Waals surface area contributed by atoms with Crippen molar-refractivity contribution in [3.05, 3.63) is 70.1 Å². The van der Waals surface area contributed by atoms with Crippen LogP contribution < -0.4 is 10.6 Å². The Morgan fingerprint density at radius 3 is 2.56 bits per heavy atom. The number of carbonyl (C=O) groups is 2. The van der Waals surface area contributed by atoms with E-state index in [1.54, 1.807) is 48.7 Å². The molecule has 0 aliphatic carbocycles. The smallest absolute Gasteiger partial charge is 0.276 e. The summed E-state index contributed by atoms with van der Waals surface area (Å²) in [6.07, 6.45) is 1.60. The van der Waals surface area contributed by atoms with Crippen LogP contribution in [0.15, 0.2) is 53.1 Å². The summed E-state index contributed by atoms with van der Waals surface area (Å²) in [7, 11) is 0. The van der Waals surface area contributed by atoms with E-state index in [4.69, 9.17) is 0 Å². The molecule has 0 saturated carbocycles. The predicted octanol–water partition coefficient (Wildman–Crippen LogP) is 4.20. The molecule has 0 radical (unpaired) electrons. The zero-order valence-electron chi connectivity index (χ0n) is 14.8. The second-order valence-corrected chi connectivity index (χ2v) is 7.13. The van der Waals surface area contributed by atoms with Crippen LogP contribution in [-0.4, -0.2) is 27.0 Å². The Hall–Kier alpha value is -3.00. The van der Waals surface area contributed by atoms with Crippen molar-refractivity contribution in [2.75, 3.05) is 10.6 Å². The minimum absolute atomic E-state index is 0.248. The summed E-state index contributed by atoms with van der Waals surface area (Å²) in [5, 5.41) is 12.3. The van der Waals surface area contributed by atoms with E-state index in [1.807, 2.05) is 13.8 Å². The first-order valence-electron chi connectivity index (χ1n) is 8.32. The van der Waals surface area contributed by atoms with Gasteiger partial charge in [-0.3, -0.25) is 14.7 Å². The molecule has 3 rings (SSSR count). The number of hydrogen-bond donors (Lipinski definition) is 3. The summed E-state index contributed by atoms with van der Waals surface area (Å²) in [6.45, 7) is 4.02. The Bertz CT molecular complexity index is 966. The van der Waals surface area contributed by atoms with Gasteiger partial charge < -0.3 is 10.6 Å². The van der Waals surface area contributed by atoms with Crippen molar-refractivity contribution in [2.24, 2.45) is 0 Å². The summed E-state index contributed by atoms with van der Waals surface area (Å²) in [5.74, 6) is 0.0294. The van der Waals surface area contributed by atoms with Crippen LogP contribution in [0.1, 0.15) is 46.3 Å². The van der Waals surface area contributed by atoms with Crippen LogP contribution in [0, 0.1) is 0 Å². The van der Waals surface area contributed by atoms with Gasteiger partial charge in [-0.05, 0) is 58.2 Å². The van der Waals surface area contributed by atoms with Gasteiger partial charge in [0.25, 0.3) is 11.8 Å². The van der Waals surface area contributed by atoms with Crippen LogP contribution in [0.4, 0.5) is 11.5 Å². The molecule has 8 heteroatoms. The molecule has 3 aromatic rings. The largest absolute Gasteiger partial charge is 0.321 e. The number of benzene rings is 1. The Morgan fingerprint density at radius 2 is 1.89 bits per heavy atom. The van der Waals surface area contributed by atoms with E-state index in [9.17, 15) is 9.59 Å². The number of carbonyl (C=O) groups excluding carboxylic acids is 2. The lowest BCUT2D eigenvalue weighted by molar-refractivity contribution is 0.101. The van der Waals surface area contributed by atoms with E-state index < -0.39 is 0 Å². The fraction of sp³-hybridized carbons (Fsp3) is 0.158. The summed E-state index contributed by atoms with van der Waals surface area (Å²) in [6, 6.07) is 11.9. The molecule has 2 amide bonds. The fourth-order valence-corrected chi connectivity index (χ4v) is 2.55. The second kappa shape index (κ2) is 8.13. The van der Waals surface area contributed by atoms with Crippen molar-refractivity contribution >= 4 is 39.2 Å². The van der Waals surface area contributed by atoms with Crippen LogP contribution in [0.3, 0.4) is 0 Å². The third kappa shape index (κ3) is 4.79. The molecular formula is C19H18BrN5O2. The molecule has 3 N–H and O–H groups in total. The molecule has 7 nitrogen and oxygen atoms in total. The van der Waals surface area contributed by atoms with Crippen LogP contribution in [0.5, 0.6) is 0 Å². The molecule has 27 heavy (non-hydrogen) atoms. The third-order valence-electron chi connectivity index (χ3n) is 3.80. The van der Waals surface area contributed by atoms with E-state index in [0.29, 0.717) is 22.8 Å². The summed E-state index contributed by atoms with van der Waals surface area (Å²) < 4.78 is 0.823. The highest BCUT2D eigenvalue weighted by atomic mass is 79.9. The Labute approximate surface area is 164 Å². The molecule has 0 unspecified atom stereocenters. The lowest BCUT2D eigenvalue weighted by Gasteiger charge is -2.07. The minimum Gasteiger partial charge on any atom is -0.321 e. The van der Waals surface area contributed by atoms with E-state index in [-0.39, 0.29) is 17.7 Å². The summed E-state index contributed by atoms with van der Waals surface area (Å²) in [4.78, 5) is 28.8. The molecule has 0 aliphatic heterocycles. The molecule has 0 aliphatic rings. The van der Waals surface area contributed by atoms with Crippen LogP contribution >= 0.6 is 15.9 Å². The number of nitrogens with zero attached hydrogens (tertiary/aromatic N) is 2. The number of pyridine rings is 1. The lowest BCUT2D eigenvalue weighted by atomic mass is 10.1. The van der Waals surface area contributed by atoms with E-state index in [0.717, 1.165) is 10.2 Å². The normalized spacial score (nSPS) is 10.7. The van der Waals surface area contributed by atoms with Gasteiger partial charge >= 0.3 is 0 Å². The van der Waals surface area contributed by atoms with Gasteiger partial charge in [0.05, 0.1) is 0 Å². The topological polar surface area (TPSA) is 99.8 Å². The zero-order valence-corrected chi connectivity index (χ0v) is 16.4. The van der Waals surface area contributed by atoms with Crippen LogP contribution in [0.25, 0.3) is 0 Å². The fourth-order valence-electron chi connectivity index (χ4n) is 2.32. The monoisotopic (exact) mass is 427 g/mol. The first kappa shape index (κ1) is 18.8. The van der Waals surface area contributed by atoms with E-state index in [2.05, 4.69) is 41.7 Å². The summed E-state index contributed by atoms with van der Waals surface area (Å²) >= 11 is 3.29. The Morgan fingerprint density at radius 1 is 1.07 bits per heavy atom. The number of H-pyrrole nitrogens is 1. The van der Waals surface area contributed by atoms with Gasteiger partial charge in [-0.25, -0.2) is 4.98 Å². The molecule has 138 valence electrons. The zero-order chi connectivity index (χ0) is 19.4. The van der Waals surface area contributed by atoms with Crippen molar-refractivity contribution in [1.29, 1.82) is 0 Å². The quantitative estimate of drug-likeness (QED) is 0.567. The highest BCUT2D eigenvalue weighted by molar-refractivity contribution is 9.10. The minimum atomic E-state index is -0.342. The Balaban J connectivity index is 1.69. The van der Waals surface area contributed by atoms with Crippen LogP contribution in [-0.2, 0) is 0 Å². The average molecular weight is 428 g/mol. The molecule has 0 atom stereocenters. The van der Waals surface area contributed by atoms with Crippen molar-refractivity contribution < 1.29 is 9.59 Å². The van der Waals surface area contributed by atoms with Gasteiger partial charge in [-0.1, -0.05) is 19.9 Å². The molecule has 1 aromatic carbocycles. The number of amides is 2. The van der Waals surface area contributed by atoms with Crippen molar-refractivity contribution in [3.8, 4) is 0 Å². The van der Waals surface area contributed by atoms with Crippen LogP contribution in [0.2, 0.25) is 0 Å². The maximum absolute atomic E-state index is 12.4. The van der Waals surface area contributed by atoms with Gasteiger partial charge in [0, 0.05) is 27.6 Å². The van der Waals surface area contributed by atoms with Gasteiger partial charge in [-0.15, -0.1) is 0 Å². The first-order chi connectivity index (χ1) is 12.9. The average Bonchev–Trinajstić information content (AvgIpc) is 3.14. The van der Waals surface area contributed by atoms with Crippen molar-refractivity contribution in [2.45, 2.75) is 19.8 Å². The molecule has 2 heterocycles. The standard InChI is InChI=1S/C19H18BrN5O2/c1-11(2)15-9-16(25-24-15)19(27)22-14-5-3-4-12(8-14)18(26)23-17-7-6-13(20)10-21-17/h3-11H,1-2H3,(H,22,27)(H,24,25)(H,21,23,26). The third-order valence-corrected chi connectivity index (χ3v) is 4.27. The van der Waals surface area contributed by atoms with Gasteiger partial charge in [0.15, 0.2) is 5.69 Å². The summed E-state index contributed by atoms with van der Waals surface area (Å²) in [5.41, 5.74) is 2.09. The highest BCUT2D eigenvalue weighted by Crippen LogP contribution is 2.16. The van der Waals surface area contributed by atoms with Gasteiger partial charge in [-0.2, -0.15) is 5.10 Å². The molecular weight excluding hydrogens is 410 g/mol.